The van der Waals surface area contributed by atoms with E-state index in [1.807, 2.05) is 6.07 Å². The molecule has 1 aliphatic heterocycles. The average Bonchev–Trinajstić information content (AvgIpc) is 2.54. The van der Waals surface area contributed by atoms with Crippen LogP contribution in [0.25, 0.3) is 0 Å². The third-order valence-electron chi connectivity index (χ3n) is 4.70. The molecule has 1 heterocycles. The molecule has 1 aliphatic rings. The summed E-state index contributed by atoms with van der Waals surface area (Å²) in [5.41, 5.74) is 4.36. The third-order valence-corrected chi connectivity index (χ3v) is 4.70. The Morgan fingerprint density at radius 1 is 1.04 bits per heavy atom. The molecular formula is C20H25NO3. The SMILES string of the molecule is COc1ccc(C(C)(C)C)cc1C1NCCc2cc(O)c(O)cc21. The van der Waals surface area contributed by atoms with Gasteiger partial charge in [-0.3, -0.25) is 0 Å². The second kappa shape index (κ2) is 6.02. The van der Waals surface area contributed by atoms with Gasteiger partial charge in [-0.05, 0) is 52.8 Å². The number of fused-ring (bicyclic) bond motifs is 1. The van der Waals surface area contributed by atoms with Crippen molar-refractivity contribution in [1.29, 1.82) is 0 Å². The van der Waals surface area contributed by atoms with E-state index >= 15 is 0 Å². The van der Waals surface area contributed by atoms with Crippen molar-refractivity contribution in [3.05, 3.63) is 52.6 Å². The van der Waals surface area contributed by atoms with Crippen LogP contribution >= 0.6 is 0 Å². The molecule has 3 rings (SSSR count). The van der Waals surface area contributed by atoms with Crippen molar-refractivity contribution in [3.63, 3.8) is 0 Å². The average molecular weight is 327 g/mol. The number of nitrogens with one attached hydrogen (secondary N) is 1. The standard InChI is InChI=1S/C20H25NO3/c1-20(2,3)13-5-6-18(24-4)15(10-13)19-14-11-17(23)16(22)9-12(14)7-8-21-19/h5-6,9-11,19,21-23H,7-8H2,1-4H3. The maximum Gasteiger partial charge on any atom is 0.157 e. The Kier molecular flexibility index (Phi) is 4.18. The van der Waals surface area contributed by atoms with E-state index in [1.165, 1.54) is 5.56 Å². The van der Waals surface area contributed by atoms with E-state index < -0.39 is 0 Å². The molecule has 4 heteroatoms. The summed E-state index contributed by atoms with van der Waals surface area (Å²) in [6.45, 7) is 7.37. The van der Waals surface area contributed by atoms with E-state index in [0.29, 0.717) is 0 Å². The molecule has 0 radical (unpaired) electrons. The van der Waals surface area contributed by atoms with Crippen LogP contribution in [0.1, 0.15) is 49.1 Å². The summed E-state index contributed by atoms with van der Waals surface area (Å²) in [5.74, 6) is 0.666. The molecule has 24 heavy (non-hydrogen) atoms. The van der Waals surface area contributed by atoms with Crippen LogP contribution in [0, 0.1) is 0 Å². The summed E-state index contributed by atoms with van der Waals surface area (Å²) in [7, 11) is 1.67. The number of rotatable bonds is 2. The summed E-state index contributed by atoms with van der Waals surface area (Å²) < 4.78 is 5.58. The van der Waals surface area contributed by atoms with Crippen LogP contribution in [-0.4, -0.2) is 23.9 Å². The van der Waals surface area contributed by atoms with E-state index in [-0.39, 0.29) is 23.0 Å². The number of aromatic hydroxyl groups is 2. The molecule has 1 atom stereocenters. The van der Waals surface area contributed by atoms with Gasteiger partial charge in [0.2, 0.25) is 0 Å². The molecule has 4 nitrogen and oxygen atoms in total. The Bertz CT molecular complexity index is 762. The molecular weight excluding hydrogens is 302 g/mol. The molecule has 0 aromatic heterocycles. The van der Waals surface area contributed by atoms with E-state index in [0.717, 1.165) is 35.4 Å². The third kappa shape index (κ3) is 2.94. The van der Waals surface area contributed by atoms with E-state index in [2.05, 4.69) is 38.2 Å². The number of benzene rings is 2. The molecule has 0 fully saturated rings. The second-order valence-corrected chi connectivity index (χ2v) is 7.38. The Labute approximate surface area is 143 Å². The fourth-order valence-corrected chi connectivity index (χ4v) is 3.29. The molecule has 1 unspecified atom stereocenters. The predicted octanol–water partition coefficient (Wildman–Crippen LogP) is 3.64. The molecule has 0 amide bonds. The maximum atomic E-state index is 9.94. The van der Waals surface area contributed by atoms with Gasteiger partial charge in [0.05, 0.1) is 13.2 Å². The number of ether oxygens (including phenoxy) is 1. The Balaban J connectivity index is 2.15. The zero-order chi connectivity index (χ0) is 17.5. The molecule has 0 spiro atoms. The normalized spacial score (nSPS) is 17.4. The Morgan fingerprint density at radius 3 is 2.42 bits per heavy atom. The topological polar surface area (TPSA) is 61.7 Å². The van der Waals surface area contributed by atoms with Crippen LogP contribution in [0.3, 0.4) is 0 Å². The molecule has 128 valence electrons. The van der Waals surface area contributed by atoms with Crippen molar-refractivity contribution in [1.82, 2.24) is 5.32 Å². The lowest BCUT2D eigenvalue weighted by Crippen LogP contribution is -2.31. The highest BCUT2D eigenvalue weighted by Crippen LogP contribution is 2.40. The molecule has 2 aromatic rings. The highest BCUT2D eigenvalue weighted by molar-refractivity contribution is 5.53. The minimum Gasteiger partial charge on any atom is -0.504 e. The monoisotopic (exact) mass is 327 g/mol. The Hall–Kier alpha value is -2.20. The highest BCUT2D eigenvalue weighted by atomic mass is 16.5. The second-order valence-electron chi connectivity index (χ2n) is 7.38. The summed E-state index contributed by atoms with van der Waals surface area (Å²) in [6, 6.07) is 9.53. The van der Waals surface area contributed by atoms with Crippen LogP contribution in [-0.2, 0) is 11.8 Å². The summed E-state index contributed by atoms with van der Waals surface area (Å²) in [6.07, 6.45) is 0.820. The van der Waals surface area contributed by atoms with Gasteiger partial charge in [-0.2, -0.15) is 0 Å². The summed E-state index contributed by atoms with van der Waals surface area (Å²) in [4.78, 5) is 0. The van der Waals surface area contributed by atoms with Crippen molar-refractivity contribution in [3.8, 4) is 17.2 Å². The van der Waals surface area contributed by atoms with Gasteiger partial charge < -0.3 is 20.3 Å². The van der Waals surface area contributed by atoms with E-state index in [9.17, 15) is 10.2 Å². The van der Waals surface area contributed by atoms with E-state index in [1.54, 1.807) is 19.2 Å². The first-order valence-electron chi connectivity index (χ1n) is 8.28. The van der Waals surface area contributed by atoms with Gasteiger partial charge in [0.15, 0.2) is 11.5 Å². The molecule has 3 N–H and O–H groups in total. The van der Waals surface area contributed by atoms with Crippen LogP contribution in [0.2, 0.25) is 0 Å². The molecule has 0 saturated heterocycles. The van der Waals surface area contributed by atoms with Gasteiger partial charge in [-0.1, -0.05) is 26.8 Å². The first-order chi connectivity index (χ1) is 11.3. The summed E-state index contributed by atoms with van der Waals surface area (Å²) in [5, 5.41) is 23.2. The van der Waals surface area contributed by atoms with Crippen molar-refractivity contribution >= 4 is 0 Å². The van der Waals surface area contributed by atoms with Crippen molar-refractivity contribution in [2.24, 2.45) is 0 Å². The first kappa shape index (κ1) is 16.7. The number of hydrogen-bond acceptors (Lipinski definition) is 4. The minimum absolute atomic E-state index is 0.0373. The van der Waals surface area contributed by atoms with Gasteiger partial charge in [0, 0.05) is 12.1 Å². The zero-order valence-electron chi connectivity index (χ0n) is 14.7. The van der Waals surface area contributed by atoms with Gasteiger partial charge in [-0.15, -0.1) is 0 Å². The largest absolute Gasteiger partial charge is 0.504 e. The van der Waals surface area contributed by atoms with Crippen molar-refractivity contribution in [2.45, 2.75) is 38.6 Å². The quantitative estimate of drug-likeness (QED) is 0.737. The fourth-order valence-electron chi connectivity index (χ4n) is 3.29. The van der Waals surface area contributed by atoms with Gasteiger partial charge in [0.25, 0.3) is 0 Å². The van der Waals surface area contributed by atoms with Gasteiger partial charge >= 0.3 is 0 Å². The lowest BCUT2D eigenvalue weighted by Gasteiger charge is -2.30. The molecule has 0 saturated carbocycles. The number of phenols is 2. The number of methoxy groups -OCH3 is 1. The van der Waals surface area contributed by atoms with Crippen molar-refractivity contribution in [2.75, 3.05) is 13.7 Å². The molecule has 0 bridgehead atoms. The lowest BCUT2D eigenvalue weighted by molar-refractivity contribution is 0.395. The summed E-state index contributed by atoms with van der Waals surface area (Å²) >= 11 is 0. The maximum absolute atomic E-state index is 9.94. The van der Waals surface area contributed by atoms with Gasteiger partial charge in [0.1, 0.15) is 5.75 Å². The van der Waals surface area contributed by atoms with E-state index in [4.69, 9.17) is 4.74 Å². The number of hydrogen-bond donors (Lipinski definition) is 3. The zero-order valence-corrected chi connectivity index (χ0v) is 14.7. The van der Waals surface area contributed by atoms with Crippen molar-refractivity contribution < 1.29 is 14.9 Å². The number of phenolic OH excluding ortho intramolecular Hbond substituents is 2. The van der Waals surface area contributed by atoms with Crippen LogP contribution < -0.4 is 10.1 Å². The smallest absolute Gasteiger partial charge is 0.157 e. The first-order valence-corrected chi connectivity index (χ1v) is 8.28. The minimum atomic E-state index is -0.0895. The highest BCUT2D eigenvalue weighted by Gasteiger charge is 2.27. The lowest BCUT2D eigenvalue weighted by atomic mass is 9.83. The Morgan fingerprint density at radius 2 is 1.75 bits per heavy atom. The predicted molar refractivity (Wildman–Crippen MR) is 95.0 cm³/mol. The van der Waals surface area contributed by atoms with Gasteiger partial charge in [-0.25, -0.2) is 0 Å². The molecule has 0 aliphatic carbocycles. The van der Waals surface area contributed by atoms with Crippen LogP contribution in [0.4, 0.5) is 0 Å². The van der Waals surface area contributed by atoms with Crippen LogP contribution in [0.15, 0.2) is 30.3 Å². The van der Waals surface area contributed by atoms with Crippen LogP contribution in [0.5, 0.6) is 17.2 Å². The fraction of sp³-hybridized carbons (Fsp3) is 0.400. The molecule has 2 aromatic carbocycles.